The highest BCUT2D eigenvalue weighted by Gasteiger charge is 2.20. The van der Waals surface area contributed by atoms with Crippen LogP contribution in [0.25, 0.3) is 0 Å². The number of nitro groups is 1. The van der Waals surface area contributed by atoms with Gasteiger partial charge in [0.1, 0.15) is 0 Å². The van der Waals surface area contributed by atoms with Crippen molar-refractivity contribution in [1.82, 2.24) is 0 Å². The number of nitrogens with zero attached hydrogens (tertiary/aromatic N) is 1. The molecule has 0 aliphatic heterocycles. The quantitative estimate of drug-likeness (QED) is 0.470. The van der Waals surface area contributed by atoms with Gasteiger partial charge in [0.2, 0.25) is 0 Å². The Kier molecular flexibility index (Phi) is 5.60. The summed E-state index contributed by atoms with van der Waals surface area (Å²) in [6.45, 7) is 1.53. The number of rotatable bonds is 6. The van der Waals surface area contributed by atoms with Crippen LogP contribution in [-0.2, 0) is 10.0 Å². The second kappa shape index (κ2) is 8.11. The van der Waals surface area contributed by atoms with Gasteiger partial charge in [-0.25, -0.2) is 8.42 Å². The monoisotopic (exact) mass is 411 g/mol. The molecule has 0 heterocycles. The maximum atomic E-state index is 12.8. The summed E-state index contributed by atoms with van der Waals surface area (Å²) in [4.78, 5) is 23.4. The van der Waals surface area contributed by atoms with Crippen molar-refractivity contribution in [2.75, 3.05) is 10.0 Å². The molecule has 3 aromatic rings. The molecule has 0 bridgehead atoms. The van der Waals surface area contributed by atoms with E-state index < -0.39 is 20.9 Å². The highest BCUT2D eigenvalue weighted by molar-refractivity contribution is 7.92. The molecular formula is C20H17N3O5S. The number of hydrogen-bond donors (Lipinski definition) is 2. The lowest BCUT2D eigenvalue weighted by Gasteiger charge is -2.13. The summed E-state index contributed by atoms with van der Waals surface area (Å²) in [5.41, 5.74) is 0.619. The van der Waals surface area contributed by atoms with Gasteiger partial charge in [-0.15, -0.1) is 0 Å². The Hall–Kier alpha value is -3.72. The Bertz CT molecular complexity index is 1180. The Morgan fingerprint density at radius 2 is 1.52 bits per heavy atom. The molecule has 29 heavy (non-hydrogen) atoms. The van der Waals surface area contributed by atoms with Crippen molar-refractivity contribution in [1.29, 1.82) is 0 Å². The van der Waals surface area contributed by atoms with Crippen molar-refractivity contribution in [3.63, 3.8) is 0 Å². The van der Waals surface area contributed by atoms with Crippen molar-refractivity contribution in [3.05, 3.63) is 94.0 Å². The normalized spacial score (nSPS) is 10.9. The molecule has 0 fully saturated rings. The average molecular weight is 411 g/mol. The smallest absolute Gasteiger partial charge is 0.274 e. The summed E-state index contributed by atoms with van der Waals surface area (Å²) in [7, 11) is -3.89. The standard InChI is InChI=1S/C20H17N3O5S/c1-14-17(12-7-13-19(14)23(25)26)21-20(24)16-10-5-6-11-18(16)22-29(27,28)15-8-3-2-4-9-15/h2-13,22H,1H3,(H,21,24). The minimum atomic E-state index is -3.89. The van der Waals surface area contributed by atoms with Crippen molar-refractivity contribution in [2.24, 2.45) is 0 Å². The molecule has 0 spiro atoms. The van der Waals surface area contributed by atoms with E-state index in [1.165, 1.54) is 49.4 Å². The Morgan fingerprint density at radius 1 is 0.897 bits per heavy atom. The number of hydrogen-bond acceptors (Lipinski definition) is 5. The van der Waals surface area contributed by atoms with Crippen molar-refractivity contribution in [2.45, 2.75) is 11.8 Å². The topological polar surface area (TPSA) is 118 Å². The first-order valence-corrected chi connectivity index (χ1v) is 10.00. The summed E-state index contributed by atoms with van der Waals surface area (Å²) in [5.74, 6) is -0.597. The van der Waals surface area contributed by atoms with Gasteiger partial charge < -0.3 is 5.32 Å². The van der Waals surface area contributed by atoms with E-state index in [2.05, 4.69) is 10.0 Å². The molecule has 8 nitrogen and oxygen atoms in total. The lowest BCUT2D eigenvalue weighted by molar-refractivity contribution is -0.385. The van der Waals surface area contributed by atoms with Crippen LogP contribution < -0.4 is 10.0 Å². The van der Waals surface area contributed by atoms with E-state index >= 15 is 0 Å². The first kappa shape index (κ1) is 20.0. The van der Waals surface area contributed by atoms with Gasteiger partial charge in [0.15, 0.2) is 0 Å². The van der Waals surface area contributed by atoms with Crippen molar-refractivity contribution >= 4 is 33.0 Å². The van der Waals surface area contributed by atoms with Crippen molar-refractivity contribution in [3.8, 4) is 0 Å². The average Bonchev–Trinajstić information content (AvgIpc) is 2.70. The number of para-hydroxylation sites is 1. The number of carbonyl (C=O) groups excluding carboxylic acids is 1. The largest absolute Gasteiger partial charge is 0.321 e. The Morgan fingerprint density at radius 3 is 2.21 bits per heavy atom. The van der Waals surface area contributed by atoms with Crippen LogP contribution >= 0.6 is 0 Å². The lowest BCUT2D eigenvalue weighted by atomic mass is 10.1. The zero-order chi connectivity index (χ0) is 21.0. The summed E-state index contributed by atoms with van der Waals surface area (Å²) < 4.78 is 27.6. The molecule has 9 heteroatoms. The van der Waals surface area contributed by atoms with Crippen LogP contribution in [0.5, 0.6) is 0 Å². The molecule has 1 amide bonds. The van der Waals surface area contributed by atoms with Crippen LogP contribution in [0.2, 0.25) is 0 Å². The fourth-order valence-electron chi connectivity index (χ4n) is 2.72. The van der Waals surface area contributed by atoms with E-state index in [1.54, 1.807) is 30.3 Å². The van der Waals surface area contributed by atoms with Crippen molar-refractivity contribution < 1.29 is 18.1 Å². The second-order valence-electron chi connectivity index (χ2n) is 6.13. The Labute approximate surface area is 167 Å². The fraction of sp³-hybridized carbons (Fsp3) is 0.0500. The predicted octanol–water partition coefficient (Wildman–Crippen LogP) is 3.96. The van der Waals surface area contributed by atoms with Gasteiger partial charge in [-0.05, 0) is 37.3 Å². The molecule has 0 unspecified atom stereocenters. The molecule has 3 rings (SSSR count). The highest BCUT2D eigenvalue weighted by atomic mass is 32.2. The van der Waals surface area contributed by atoms with Crippen LogP contribution in [-0.4, -0.2) is 19.2 Å². The molecule has 0 aliphatic rings. The number of sulfonamides is 1. The maximum Gasteiger partial charge on any atom is 0.274 e. The van der Waals surface area contributed by atoms with Gasteiger partial charge in [-0.2, -0.15) is 0 Å². The third kappa shape index (κ3) is 4.41. The molecule has 0 radical (unpaired) electrons. The van der Waals surface area contributed by atoms with E-state index in [0.29, 0.717) is 5.56 Å². The molecule has 0 saturated heterocycles. The molecule has 0 saturated carbocycles. The van der Waals surface area contributed by atoms with E-state index in [9.17, 15) is 23.3 Å². The van der Waals surface area contributed by atoms with Crippen LogP contribution in [0.3, 0.4) is 0 Å². The van der Waals surface area contributed by atoms with E-state index in [4.69, 9.17) is 0 Å². The molecule has 3 aromatic carbocycles. The van der Waals surface area contributed by atoms with Crippen LogP contribution in [0.1, 0.15) is 15.9 Å². The SMILES string of the molecule is Cc1c(NC(=O)c2ccccc2NS(=O)(=O)c2ccccc2)cccc1[N+](=O)[O-]. The summed E-state index contributed by atoms with van der Waals surface area (Å²) in [5, 5.41) is 13.7. The second-order valence-corrected chi connectivity index (χ2v) is 7.81. The molecular weight excluding hydrogens is 394 g/mol. The van der Waals surface area contributed by atoms with E-state index in [1.807, 2.05) is 0 Å². The Balaban J connectivity index is 1.91. The number of carbonyl (C=O) groups is 1. The molecule has 2 N–H and O–H groups in total. The predicted molar refractivity (Wildman–Crippen MR) is 109 cm³/mol. The third-order valence-corrected chi connectivity index (χ3v) is 5.60. The summed E-state index contributed by atoms with van der Waals surface area (Å²) in [6.07, 6.45) is 0. The minimum absolute atomic E-state index is 0.0599. The van der Waals surface area contributed by atoms with E-state index in [0.717, 1.165) is 0 Å². The van der Waals surface area contributed by atoms with Gasteiger partial charge in [-0.1, -0.05) is 36.4 Å². The van der Waals surface area contributed by atoms with Gasteiger partial charge in [0.25, 0.3) is 21.6 Å². The van der Waals surface area contributed by atoms with Crippen LogP contribution in [0.4, 0.5) is 17.1 Å². The van der Waals surface area contributed by atoms with Gasteiger partial charge in [-0.3, -0.25) is 19.6 Å². The summed E-state index contributed by atoms with van der Waals surface area (Å²) in [6, 6.07) is 18.2. The number of benzene rings is 3. The number of nitro benzene ring substituents is 1. The number of amides is 1. The van der Waals surface area contributed by atoms with Crippen LogP contribution in [0.15, 0.2) is 77.7 Å². The lowest BCUT2D eigenvalue weighted by Crippen LogP contribution is -2.19. The van der Waals surface area contributed by atoms with Crippen LogP contribution in [0, 0.1) is 17.0 Å². The van der Waals surface area contributed by atoms with Gasteiger partial charge in [0, 0.05) is 6.07 Å². The minimum Gasteiger partial charge on any atom is -0.321 e. The first-order valence-electron chi connectivity index (χ1n) is 8.52. The first-order chi connectivity index (χ1) is 13.8. The zero-order valence-corrected chi connectivity index (χ0v) is 16.1. The molecule has 0 aliphatic carbocycles. The number of nitrogens with one attached hydrogen (secondary N) is 2. The fourth-order valence-corrected chi connectivity index (χ4v) is 3.82. The molecule has 148 valence electrons. The highest BCUT2D eigenvalue weighted by Crippen LogP contribution is 2.27. The summed E-state index contributed by atoms with van der Waals surface area (Å²) >= 11 is 0. The molecule has 0 atom stereocenters. The molecule has 0 aromatic heterocycles. The van der Waals surface area contributed by atoms with Gasteiger partial charge in [0.05, 0.1) is 32.3 Å². The van der Waals surface area contributed by atoms with E-state index in [-0.39, 0.29) is 27.5 Å². The third-order valence-electron chi connectivity index (χ3n) is 4.22. The number of anilines is 2. The zero-order valence-electron chi connectivity index (χ0n) is 15.3. The van der Waals surface area contributed by atoms with Gasteiger partial charge >= 0.3 is 0 Å². The maximum absolute atomic E-state index is 12.8.